The summed E-state index contributed by atoms with van der Waals surface area (Å²) in [4.78, 5) is 4.17. The van der Waals surface area contributed by atoms with Crippen LogP contribution in [0.25, 0.3) is 0 Å². The number of pyridine rings is 1. The topological polar surface area (TPSA) is 57.4 Å². The number of hydrogen-bond donors (Lipinski definition) is 1. The normalized spacial score (nSPS) is 19.9. The summed E-state index contributed by atoms with van der Waals surface area (Å²) < 4.78 is 11.9. The van der Waals surface area contributed by atoms with Crippen LogP contribution in [0, 0.1) is 11.8 Å². The molecule has 0 atom stereocenters. The first-order chi connectivity index (χ1) is 8.86. The minimum atomic E-state index is -0.405. The number of hydrogen-bond acceptors (Lipinski definition) is 4. The van der Waals surface area contributed by atoms with Crippen molar-refractivity contribution in [3.8, 4) is 11.8 Å². The molecular formula is C14H19BN2O2. The van der Waals surface area contributed by atoms with Gasteiger partial charge in [0.2, 0.25) is 0 Å². The molecule has 2 rings (SSSR count). The van der Waals surface area contributed by atoms with Crippen molar-refractivity contribution in [1.82, 2.24) is 4.98 Å². The average molecular weight is 258 g/mol. The van der Waals surface area contributed by atoms with E-state index < -0.39 is 7.12 Å². The third kappa shape index (κ3) is 2.81. The van der Waals surface area contributed by atoms with Gasteiger partial charge in [0, 0.05) is 23.4 Å². The summed E-state index contributed by atoms with van der Waals surface area (Å²) in [5.41, 5.74) is 6.36. The third-order valence-electron chi connectivity index (χ3n) is 3.62. The summed E-state index contributed by atoms with van der Waals surface area (Å²) in [5, 5.41) is 0. The van der Waals surface area contributed by atoms with Gasteiger partial charge in [-0.25, -0.2) is 0 Å². The minimum Gasteiger partial charge on any atom is -0.399 e. The molecule has 0 unspecified atom stereocenters. The maximum absolute atomic E-state index is 5.97. The first-order valence-electron chi connectivity index (χ1n) is 6.35. The van der Waals surface area contributed by atoms with E-state index in [-0.39, 0.29) is 11.2 Å². The molecule has 1 saturated heterocycles. The van der Waals surface area contributed by atoms with Crippen LogP contribution in [0.4, 0.5) is 0 Å². The van der Waals surface area contributed by atoms with Crippen LogP contribution in [0.1, 0.15) is 33.3 Å². The number of aromatic nitrogens is 1. The molecule has 1 aromatic heterocycles. The molecule has 0 saturated carbocycles. The highest BCUT2D eigenvalue weighted by Gasteiger charge is 2.51. The van der Waals surface area contributed by atoms with Crippen LogP contribution >= 0.6 is 0 Å². The van der Waals surface area contributed by atoms with Crippen LogP contribution in [-0.4, -0.2) is 29.8 Å². The van der Waals surface area contributed by atoms with Crippen LogP contribution in [0.2, 0.25) is 0 Å². The molecule has 2 N–H and O–H groups in total. The Morgan fingerprint density at radius 1 is 1.21 bits per heavy atom. The smallest absolute Gasteiger partial charge is 0.399 e. The Kier molecular flexibility index (Phi) is 3.68. The number of nitrogens with two attached hydrogens (primary N) is 1. The molecule has 1 aliphatic rings. The first-order valence-corrected chi connectivity index (χ1v) is 6.35. The predicted octanol–water partition coefficient (Wildman–Crippen LogP) is 0.691. The maximum atomic E-state index is 5.97. The van der Waals surface area contributed by atoms with Crippen molar-refractivity contribution < 1.29 is 9.31 Å². The minimum absolute atomic E-state index is 0.334. The Bertz CT molecular complexity index is 516. The zero-order valence-corrected chi connectivity index (χ0v) is 11.9. The van der Waals surface area contributed by atoms with E-state index in [1.807, 2.05) is 33.8 Å². The molecule has 5 heteroatoms. The molecular weight excluding hydrogens is 239 g/mol. The largest absolute Gasteiger partial charge is 0.496 e. The second kappa shape index (κ2) is 4.97. The fourth-order valence-corrected chi connectivity index (χ4v) is 1.79. The molecule has 0 bridgehead atoms. The van der Waals surface area contributed by atoms with Crippen LogP contribution in [0.3, 0.4) is 0 Å². The summed E-state index contributed by atoms with van der Waals surface area (Å²) in [6, 6.07) is 1.93. The van der Waals surface area contributed by atoms with Gasteiger partial charge < -0.3 is 15.0 Å². The molecule has 1 fully saturated rings. The van der Waals surface area contributed by atoms with Gasteiger partial charge in [0.1, 0.15) is 0 Å². The van der Waals surface area contributed by atoms with E-state index in [0.29, 0.717) is 6.54 Å². The lowest BCUT2D eigenvalue weighted by Crippen LogP contribution is -2.41. The van der Waals surface area contributed by atoms with Crippen molar-refractivity contribution in [3.05, 3.63) is 24.0 Å². The monoisotopic (exact) mass is 258 g/mol. The van der Waals surface area contributed by atoms with E-state index in [1.54, 1.807) is 12.4 Å². The molecule has 1 aliphatic heterocycles. The Morgan fingerprint density at radius 2 is 1.84 bits per heavy atom. The Hall–Kier alpha value is -1.35. The molecule has 0 amide bonds. The highest BCUT2D eigenvalue weighted by atomic mass is 16.7. The SMILES string of the molecule is CC1(C)OB(c2cncc(C#CCN)c2)OC1(C)C. The second-order valence-corrected chi connectivity index (χ2v) is 5.60. The quantitative estimate of drug-likeness (QED) is 0.594. The van der Waals surface area contributed by atoms with Crippen LogP contribution in [0.15, 0.2) is 18.5 Å². The van der Waals surface area contributed by atoms with Gasteiger partial charge in [0.05, 0.1) is 17.7 Å². The van der Waals surface area contributed by atoms with Crippen LogP contribution < -0.4 is 11.2 Å². The highest BCUT2D eigenvalue weighted by Crippen LogP contribution is 2.36. The van der Waals surface area contributed by atoms with Gasteiger partial charge in [-0.1, -0.05) is 11.8 Å². The Balaban J connectivity index is 2.25. The zero-order chi connectivity index (χ0) is 14.1. The fraction of sp³-hybridized carbons (Fsp3) is 0.500. The Morgan fingerprint density at radius 3 is 2.42 bits per heavy atom. The van der Waals surface area contributed by atoms with E-state index in [4.69, 9.17) is 15.0 Å². The molecule has 4 nitrogen and oxygen atoms in total. The van der Waals surface area contributed by atoms with E-state index in [9.17, 15) is 0 Å². The van der Waals surface area contributed by atoms with Gasteiger partial charge in [-0.05, 0) is 33.8 Å². The molecule has 0 radical (unpaired) electrons. The lowest BCUT2D eigenvalue weighted by Gasteiger charge is -2.32. The van der Waals surface area contributed by atoms with E-state index in [2.05, 4.69) is 16.8 Å². The number of nitrogens with zero attached hydrogens (tertiary/aromatic N) is 1. The van der Waals surface area contributed by atoms with Gasteiger partial charge >= 0.3 is 7.12 Å². The van der Waals surface area contributed by atoms with Crippen molar-refractivity contribution >= 4 is 12.6 Å². The molecule has 1 aromatic rings. The lowest BCUT2D eigenvalue weighted by molar-refractivity contribution is 0.00578. The molecule has 2 heterocycles. The van der Waals surface area contributed by atoms with Gasteiger partial charge in [-0.3, -0.25) is 4.98 Å². The van der Waals surface area contributed by atoms with Crippen LogP contribution in [-0.2, 0) is 9.31 Å². The summed E-state index contributed by atoms with van der Waals surface area (Å²) in [6.07, 6.45) is 3.45. The maximum Gasteiger partial charge on any atom is 0.496 e. The molecule has 0 aliphatic carbocycles. The van der Waals surface area contributed by atoms with Crippen molar-refractivity contribution in [1.29, 1.82) is 0 Å². The van der Waals surface area contributed by atoms with E-state index in [1.165, 1.54) is 0 Å². The standard InChI is InChI=1S/C14H19BN2O2/c1-13(2)14(3,4)19-15(18-13)12-8-11(6-5-7-16)9-17-10-12/h8-10H,7,16H2,1-4H3. The fourth-order valence-electron chi connectivity index (χ4n) is 1.79. The van der Waals surface area contributed by atoms with Crippen molar-refractivity contribution in [2.24, 2.45) is 5.73 Å². The number of rotatable bonds is 1. The van der Waals surface area contributed by atoms with Crippen molar-refractivity contribution in [2.45, 2.75) is 38.9 Å². The highest BCUT2D eigenvalue weighted by molar-refractivity contribution is 6.62. The van der Waals surface area contributed by atoms with Gasteiger partial charge in [-0.2, -0.15) is 0 Å². The van der Waals surface area contributed by atoms with Gasteiger partial charge in [0.25, 0.3) is 0 Å². The summed E-state index contributed by atoms with van der Waals surface area (Å²) >= 11 is 0. The lowest BCUT2D eigenvalue weighted by atomic mass is 9.80. The van der Waals surface area contributed by atoms with Crippen LogP contribution in [0.5, 0.6) is 0 Å². The Labute approximate surface area is 114 Å². The average Bonchev–Trinajstić information content (AvgIpc) is 2.56. The molecule has 0 aromatic carbocycles. The van der Waals surface area contributed by atoms with E-state index in [0.717, 1.165) is 11.0 Å². The van der Waals surface area contributed by atoms with Crippen molar-refractivity contribution in [2.75, 3.05) is 6.54 Å². The summed E-state index contributed by atoms with van der Waals surface area (Å²) in [7, 11) is -0.405. The predicted molar refractivity (Wildman–Crippen MR) is 75.9 cm³/mol. The second-order valence-electron chi connectivity index (χ2n) is 5.60. The molecule has 19 heavy (non-hydrogen) atoms. The zero-order valence-electron chi connectivity index (χ0n) is 11.9. The molecule has 0 spiro atoms. The van der Waals surface area contributed by atoms with Gasteiger partial charge in [-0.15, -0.1) is 0 Å². The summed E-state index contributed by atoms with van der Waals surface area (Å²) in [5.74, 6) is 5.77. The van der Waals surface area contributed by atoms with Gasteiger partial charge in [0.15, 0.2) is 0 Å². The third-order valence-corrected chi connectivity index (χ3v) is 3.62. The first kappa shape index (κ1) is 14.1. The summed E-state index contributed by atoms with van der Waals surface area (Å²) in [6.45, 7) is 8.44. The molecule has 100 valence electrons. The van der Waals surface area contributed by atoms with E-state index >= 15 is 0 Å². The van der Waals surface area contributed by atoms with Crippen molar-refractivity contribution in [3.63, 3.8) is 0 Å².